The van der Waals surface area contributed by atoms with Crippen LogP contribution in [-0.2, 0) is 19.5 Å². The number of nitrogens with one attached hydrogen (secondary N) is 1. The summed E-state index contributed by atoms with van der Waals surface area (Å²) >= 11 is 0. The zero-order chi connectivity index (χ0) is 17.2. The van der Waals surface area contributed by atoms with Gasteiger partial charge in [-0.05, 0) is 47.4 Å². The predicted molar refractivity (Wildman–Crippen MR) is 86.9 cm³/mol. The molecular weight excluding hydrogens is 317 g/mol. The number of benzene rings is 2. The van der Waals surface area contributed by atoms with Crippen molar-refractivity contribution >= 4 is 5.69 Å². The van der Waals surface area contributed by atoms with E-state index in [9.17, 15) is 13.2 Å². The van der Waals surface area contributed by atoms with E-state index in [-0.39, 0.29) is 5.75 Å². The molecule has 0 aromatic heterocycles. The number of rotatable bonds is 4. The molecule has 0 unspecified atom stereocenters. The Balaban J connectivity index is 1.64. The van der Waals surface area contributed by atoms with Crippen LogP contribution in [0.2, 0.25) is 0 Å². The van der Waals surface area contributed by atoms with Crippen LogP contribution in [-0.4, -0.2) is 24.9 Å². The molecule has 0 spiro atoms. The summed E-state index contributed by atoms with van der Waals surface area (Å²) < 4.78 is 40.4. The van der Waals surface area contributed by atoms with Gasteiger partial charge < -0.3 is 10.1 Å². The van der Waals surface area contributed by atoms with Crippen LogP contribution < -0.4 is 10.1 Å². The molecule has 1 heterocycles. The Morgan fingerprint density at radius 1 is 1.08 bits per heavy atom. The minimum Gasteiger partial charge on any atom is -0.406 e. The third kappa shape index (κ3) is 4.20. The largest absolute Gasteiger partial charge is 0.573 e. The van der Waals surface area contributed by atoms with Crippen molar-refractivity contribution in [2.75, 3.05) is 18.9 Å². The van der Waals surface area contributed by atoms with Gasteiger partial charge in [0.1, 0.15) is 5.75 Å². The van der Waals surface area contributed by atoms with Crippen LogP contribution in [0.25, 0.3) is 0 Å². The fourth-order valence-electron chi connectivity index (χ4n) is 2.96. The maximum atomic E-state index is 12.2. The van der Waals surface area contributed by atoms with Gasteiger partial charge in [-0.1, -0.05) is 18.2 Å². The van der Waals surface area contributed by atoms with E-state index in [1.54, 1.807) is 12.1 Å². The Labute approximate surface area is 139 Å². The zero-order valence-electron chi connectivity index (χ0n) is 13.4. The lowest BCUT2D eigenvalue weighted by atomic mass is 9.98. The molecule has 128 valence electrons. The molecule has 0 radical (unpaired) electrons. The Morgan fingerprint density at radius 3 is 2.50 bits per heavy atom. The Kier molecular flexibility index (Phi) is 4.66. The van der Waals surface area contributed by atoms with Crippen LogP contribution >= 0.6 is 0 Å². The van der Waals surface area contributed by atoms with Crippen LogP contribution in [0, 0.1) is 0 Å². The lowest BCUT2D eigenvalue weighted by Crippen LogP contribution is -2.30. The highest BCUT2D eigenvalue weighted by Gasteiger charge is 2.31. The van der Waals surface area contributed by atoms with E-state index < -0.39 is 6.36 Å². The third-order valence-electron chi connectivity index (χ3n) is 4.15. The summed E-state index contributed by atoms with van der Waals surface area (Å²) in [7, 11) is 1.90. The number of ether oxygens (including phenoxy) is 1. The number of hydrogen-bond acceptors (Lipinski definition) is 3. The van der Waals surface area contributed by atoms with Crippen molar-refractivity contribution in [3.63, 3.8) is 0 Å². The van der Waals surface area contributed by atoms with Crippen LogP contribution in [0.15, 0.2) is 42.5 Å². The second-order valence-corrected chi connectivity index (χ2v) is 5.89. The first-order valence-electron chi connectivity index (χ1n) is 7.79. The second-order valence-electron chi connectivity index (χ2n) is 5.89. The molecule has 2 aromatic carbocycles. The van der Waals surface area contributed by atoms with Gasteiger partial charge in [-0.25, -0.2) is 0 Å². The summed E-state index contributed by atoms with van der Waals surface area (Å²) in [5.41, 5.74) is 4.71. The lowest BCUT2D eigenvalue weighted by Gasteiger charge is -2.29. The van der Waals surface area contributed by atoms with E-state index in [0.29, 0.717) is 6.54 Å². The zero-order valence-corrected chi connectivity index (χ0v) is 13.4. The van der Waals surface area contributed by atoms with Gasteiger partial charge in [0, 0.05) is 32.4 Å². The van der Waals surface area contributed by atoms with E-state index in [1.165, 1.54) is 23.3 Å². The van der Waals surface area contributed by atoms with Crippen molar-refractivity contribution < 1.29 is 17.9 Å². The molecule has 0 saturated carbocycles. The molecule has 0 aliphatic carbocycles. The predicted octanol–water partition coefficient (Wildman–Crippen LogP) is 4.19. The fraction of sp³-hybridized carbons (Fsp3) is 0.333. The summed E-state index contributed by atoms with van der Waals surface area (Å²) in [5, 5.41) is 3.14. The van der Waals surface area contributed by atoms with E-state index in [4.69, 9.17) is 0 Å². The van der Waals surface area contributed by atoms with E-state index in [0.717, 1.165) is 30.8 Å². The molecule has 2 aromatic rings. The maximum Gasteiger partial charge on any atom is 0.573 e. The third-order valence-corrected chi connectivity index (χ3v) is 4.15. The van der Waals surface area contributed by atoms with Crippen molar-refractivity contribution in [2.45, 2.75) is 25.9 Å². The smallest absolute Gasteiger partial charge is 0.406 e. The number of nitrogens with zero attached hydrogens (tertiary/aromatic N) is 1. The first-order chi connectivity index (χ1) is 11.4. The monoisotopic (exact) mass is 336 g/mol. The molecule has 3 rings (SSSR count). The summed E-state index contributed by atoms with van der Waals surface area (Å²) in [6.45, 7) is 2.48. The van der Waals surface area contributed by atoms with Crippen LogP contribution in [0.3, 0.4) is 0 Å². The van der Waals surface area contributed by atoms with Crippen molar-refractivity contribution in [2.24, 2.45) is 0 Å². The standard InChI is InChI=1S/C18H19F3N2O/c1-22-16-5-4-14-8-9-23(12-15(14)10-16)11-13-2-6-17(7-3-13)24-18(19,20)21/h2-7,10,22H,8-9,11-12H2,1H3. The van der Waals surface area contributed by atoms with Gasteiger partial charge >= 0.3 is 6.36 Å². The van der Waals surface area contributed by atoms with Crippen molar-refractivity contribution in [1.29, 1.82) is 0 Å². The molecule has 0 bridgehead atoms. The number of fused-ring (bicyclic) bond motifs is 1. The van der Waals surface area contributed by atoms with Crippen LogP contribution in [0.4, 0.5) is 18.9 Å². The number of halogens is 3. The normalized spacial score (nSPS) is 15.0. The Hall–Kier alpha value is -2.21. The fourth-order valence-corrected chi connectivity index (χ4v) is 2.96. The minimum absolute atomic E-state index is 0.186. The van der Waals surface area contributed by atoms with Gasteiger partial charge in [0.15, 0.2) is 0 Å². The molecule has 6 heteroatoms. The van der Waals surface area contributed by atoms with Crippen molar-refractivity contribution in [1.82, 2.24) is 4.90 Å². The molecule has 0 amide bonds. The second kappa shape index (κ2) is 6.73. The van der Waals surface area contributed by atoms with Crippen molar-refractivity contribution in [3.8, 4) is 5.75 Å². The summed E-state index contributed by atoms with van der Waals surface area (Å²) in [4.78, 5) is 2.29. The molecular formula is C18H19F3N2O. The maximum absolute atomic E-state index is 12.2. The van der Waals surface area contributed by atoms with Gasteiger partial charge in [0.2, 0.25) is 0 Å². The van der Waals surface area contributed by atoms with Gasteiger partial charge in [0.05, 0.1) is 0 Å². The minimum atomic E-state index is -4.65. The summed E-state index contributed by atoms with van der Waals surface area (Å²) in [5.74, 6) is -0.186. The van der Waals surface area contributed by atoms with Crippen LogP contribution in [0.1, 0.15) is 16.7 Å². The SMILES string of the molecule is CNc1ccc2c(c1)CN(Cc1ccc(OC(F)(F)F)cc1)CC2. The highest BCUT2D eigenvalue weighted by molar-refractivity contribution is 5.49. The van der Waals surface area contributed by atoms with Gasteiger partial charge in [-0.2, -0.15) is 0 Å². The van der Waals surface area contributed by atoms with Crippen molar-refractivity contribution in [3.05, 3.63) is 59.2 Å². The number of hydrogen-bond donors (Lipinski definition) is 1. The first kappa shape index (κ1) is 16.6. The quantitative estimate of drug-likeness (QED) is 0.906. The molecule has 0 saturated heterocycles. The first-order valence-corrected chi connectivity index (χ1v) is 7.79. The Bertz CT molecular complexity index is 698. The van der Waals surface area contributed by atoms with E-state index >= 15 is 0 Å². The summed E-state index contributed by atoms with van der Waals surface area (Å²) in [6, 6.07) is 12.5. The number of alkyl halides is 3. The number of anilines is 1. The lowest BCUT2D eigenvalue weighted by molar-refractivity contribution is -0.274. The molecule has 3 nitrogen and oxygen atoms in total. The van der Waals surface area contributed by atoms with Gasteiger partial charge in [0.25, 0.3) is 0 Å². The summed E-state index contributed by atoms with van der Waals surface area (Å²) in [6.07, 6.45) is -3.67. The van der Waals surface area contributed by atoms with Crippen LogP contribution in [0.5, 0.6) is 5.75 Å². The molecule has 1 N–H and O–H groups in total. The van der Waals surface area contributed by atoms with E-state index in [1.807, 2.05) is 7.05 Å². The molecule has 24 heavy (non-hydrogen) atoms. The molecule has 1 aliphatic rings. The van der Waals surface area contributed by atoms with Gasteiger partial charge in [-0.15, -0.1) is 13.2 Å². The highest BCUT2D eigenvalue weighted by atomic mass is 19.4. The molecule has 0 atom stereocenters. The highest BCUT2D eigenvalue weighted by Crippen LogP contribution is 2.25. The average Bonchev–Trinajstić information content (AvgIpc) is 2.54. The van der Waals surface area contributed by atoms with E-state index in [2.05, 4.69) is 33.2 Å². The molecule has 0 fully saturated rings. The molecule has 1 aliphatic heterocycles. The Morgan fingerprint density at radius 2 is 1.83 bits per heavy atom. The van der Waals surface area contributed by atoms with Gasteiger partial charge in [-0.3, -0.25) is 4.90 Å². The average molecular weight is 336 g/mol. The topological polar surface area (TPSA) is 24.5 Å².